The third-order valence-corrected chi connectivity index (χ3v) is 5.68. The summed E-state index contributed by atoms with van der Waals surface area (Å²) in [7, 11) is -15.6. The van der Waals surface area contributed by atoms with Crippen LogP contribution in [-0.4, -0.2) is 77.6 Å². The summed E-state index contributed by atoms with van der Waals surface area (Å²) in [6.07, 6.45) is -5.01. The standard InChI is InChI=1S/C6H13O11S3/c1-3(7)6(20(15,16)17)5(8)4(19(12,13)14)2-18(9,10)11/h3-8H,1-2H2,(H,9,10,11)(H,12,13,14)(H,15,16,17). The van der Waals surface area contributed by atoms with Gasteiger partial charge in [0.15, 0.2) is 0 Å². The van der Waals surface area contributed by atoms with Crippen molar-refractivity contribution in [2.24, 2.45) is 0 Å². The van der Waals surface area contributed by atoms with E-state index in [0.29, 0.717) is 0 Å². The Balaban J connectivity index is 5.82. The van der Waals surface area contributed by atoms with Gasteiger partial charge in [0, 0.05) is 0 Å². The Morgan fingerprint density at radius 3 is 1.45 bits per heavy atom. The Morgan fingerprint density at radius 2 is 1.25 bits per heavy atom. The Morgan fingerprint density at radius 1 is 0.850 bits per heavy atom. The molecule has 0 aromatic heterocycles. The predicted octanol–water partition coefficient (Wildman–Crippen LogP) is -3.06. The summed E-state index contributed by atoms with van der Waals surface area (Å²) in [6, 6.07) is 0. The van der Waals surface area contributed by atoms with Crippen molar-refractivity contribution in [3.05, 3.63) is 6.92 Å². The zero-order chi connectivity index (χ0) is 16.5. The van der Waals surface area contributed by atoms with Gasteiger partial charge in [-0.15, -0.1) is 0 Å². The average Bonchev–Trinajstić information content (AvgIpc) is 2.07. The van der Waals surface area contributed by atoms with Gasteiger partial charge in [-0.3, -0.25) is 13.7 Å². The van der Waals surface area contributed by atoms with Crippen LogP contribution >= 0.6 is 0 Å². The lowest BCUT2D eigenvalue weighted by Crippen LogP contribution is -2.52. The second-order valence-corrected chi connectivity index (χ2v) is 8.55. The first-order valence-corrected chi connectivity index (χ1v) is 9.26. The number of aliphatic hydroxyl groups excluding tert-OH is 2. The third kappa shape index (κ3) is 5.96. The van der Waals surface area contributed by atoms with Crippen LogP contribution in [0.1, 0.15) is 0 Å². The molecule has 0 rings (SSSR count). The fraction of sp³-hybridized carbons (Fsp3) is 0.833. The molecule has 0 aromatic carbocycles. The van der Waals surface area contributed by atoms with E-state index < -0.39 is 58.8 Å². The number of hydrogen-bond donors (Lipinski definition) is 5. The summed E-state index contributed by atoms with van der Waals surface area (Å²) in [5, 5.41) is 13.2. The van der Waals surface area contributed by atoms with Crippen molar-refractivity contribution in [3.63, 3.8) is 0 Å². The zero-order valence-corrected chi connectivity index (χ0v) is 12.1. The molecule has 0 saturated heterocycles. The van der Waals surface area contributed by atoms with Crippen LogP contribution in [0.25, 0.3) is 0 Å². The minimum absolute atomic E-state index is 1.76. The summed E-state index contributed by atoms with van der Waals surface area (Å²) in [6.45, 7) is 2.76. The summed E-state index contributed by atoms with van der Waals surface area (Å²) in [4.78, 5) is 0. The van der Waals surface area contributed by atoms with Gasteiger partial charge in [-0.05, 0) is 6.92 Å². The molecule has 0 aliphatic rings. The predicted molar refractivity (Wildman–Crippen MR) is 64.5 cm³/mol. The zero-order valence-electron chi connectivity index (χ0n) is 9.63. The van der Waals surface area contributed by atoms with Crippen molar-refractivity contribution in [3.8, 4) is 0 Å². The van der Waals surface area contributed by atoms with Crippen LogP contribution in [0.15, 0.2) is 0 Å². The molecule has 121 valence electrons. The molecule has 0 spiro atoms. The average molecular weight is 357 g/mol. The third-order valence-electron chi connectivity index (χ3n) is 2.20. The van der Waals surface area contributed by atoms with Gasteiger partial charge in [0.2, 0.25) is 0 Å². The molecule has 0 fully saturated rings. The molecule has 0 bridgehead atoms. The highest BCUT2D eigenvalue weighted by atomic mass is 32.2. The highest BCUT2D eigenvalue weighted by Gasteiger charge is 2.46. The van der Waals surface area contributed by atoms with E-state index in [2.05, 4.69) is 6.92 Å². The largest absolute Gasteiger partial charge is 0.392 e. The SMILES string of the molecule is [CH2]C(O)C(C(O)C(CS(=O)(=O)O)S(=O)(=O)O)S(=O)(=O)O. The van der Waals surface area contributed by atoms with Crippen molar-refractivity contribution < 1.29 is 49.1 Å². The van der Waals surface area contributed by atoms with Gasteiger partial charge >= 0.3 is 0 Å². The van der Waals surface area contributed by atoms with E-state index in [1.165, 1.54) is 0 Å². The van der Waals surface area contributed by atoms with Crippen LogP contribution in [0.2, 0.25) is 0 Å². The van der Waals surface area contributed by atoms with E-state index in [1.54, 1.807) is 0 Å². The highest BCUT2D eigenvalue weighted by Crippen LogP contribution is 2.19. The molecule has 0 amide bonds. The second kappa shape index (κ2) is 6.18. The summed E-state index contributed by atoms with van der Waals surface area (Å²) < 4.78 is 91.0. The van der Waals surface area contributed by atoms with Crippen LogP contribution in [0.5, 0.6) is 0 Å². The molecule has 20 heavy (non-hydrogen) atoms. The molecular formula is C6H13O11S3. The number of aliphatic hydroxyl groups is 2. The van der Waals surface area contributed by atoms with E-state index in [1.807, 2.05) is 0 Å². The maximum Gasteiger partial charge on any atom is 0.272 e. The van der Waals surface area contributed by atoms with Gasteiger partial charge in [-0.1, -0.05) is 0 Å². The highest BCUT2D eigenvalue weighted by molar-refractivity contribution is 7.90. The van der Waals surface area contributed by atoms with Gasteiger partial charge in [0.05, 0.1) is 18.0 Å². The topological polar surface area (TPSA) is 204 Å². The van der Waals surface area contributed by atoms with E-state index in [0.717, 1.165) is 0 Å². The molecule has 0 heterocycles. The van der Waals surface area contributed by atoms with Gasteiger partial charge in [0.25, 0.3) is 30.4 Å². The molecular weight excluding hydrogens is 344 g/mol. The van der Waals surface area contributed by atoms with Crippen molar-refractivity contribution in [1.29, 1.82) is 0 Å². The van der Waals surface area contributed by atoms with Crippen LogP contribution < -0.4 is 0 Å². The Kier molecular flexibility index (Phi) is 6.08. The Labute approximate surface area is 115 Å². The Hall–Kier alpha value is -0.350. The molecule has 11 nitrogen and oxygen atoms in total. The Bertz CT molecular complexity index is 628. The monoisotopic (exact) mass is 357 g/mol. The van der Waals surface area contributed by atoms with Gasteiger partial charge in [0.1, 0.15) is 10.5 Å². The van der Waals surface area contributed by atoms with Gasteiger partial charge in [-0.2, -0.15) is 25.3 Å². The molecule has 0 aromatic rings. The van der Waals surface area contributed by atoms with Gasteiger partial charge < -0.3 is 10.2 Å². The molecule has 0 aliphatic carbocycles. The fourth-order valence-electron chi connectivity index (χ4n) is 1.38. The van der Waals surface area contributed by atoms with E-state index in [9.17, 15) is 30.4 Å². The first kappa shape index (κ1) is 19.7. The minimum atomic E-state index is -5.34. The van der Waals surface area contributed by atoms with Crippen molar-refractivity contribution >= 4 is 30.4 Å². The smallest absolute Gasteiger partial charge is 0.272 e. The summed E-state index contributed by atoms with van der Waals surface area (Å²) in [5.41, 5.74) is 0. The summed E-state index contributed by atoms with van der Waals surface area (Å²) >= 11 is 0. The lowest BCUT2D eigenvalue weighted by molar-refractivity contribution is 0.101. The lowest BCUT2D eigenvalue weighted by Gasteiger charge is -2.26. The number of hydrogen-bond acceptors (Lipinski definition) is 8. The summed E-state index contributed by atoms with van der Waals surface area (Å²) in [5.74, 6) is -1.76. The van der Waals surface area contributed by atoms with Crippen LogP contribution in [0.4, 0.5) is 0 Å². The molecule has 1 radical (unpaired) electrons. The van der Waals surface area contributed by atoms with E-state index >= 15 is 0 Å². The minimum Gasteiger partial charge on any atom is -0.392 e. The maximum absolute atomic E-state index is 10.9. The van der Waals surface area contributed by atoms with Crippen molar-refractivity contribution in [2.75, 3.05) is 5.75 Å². The van der Waals surface area contributed by atoms with E-state index in [-0.39, 0.29) is 0 Å². The lowest BCUT2D eigenvalue weighted by atomic mass is 10.1. The maximum atomic E-state index is 10.9. The normalized spacial score (nSPS) is 20.1. The first-order valence-electron chi connectivity index (χ1n) is 4.64. The van der Waals surface area contributed by atoms with Gasteiger partial charge in [-0.25, -0.2) is 0 Å². The van der Waals surface area contributed by atoms with Crippen LogP contribution in [0, 0.1) is 6.92 Å². The number of rotatable bonds is 7. The molecule has 4 unspecified atom stereocenters. The van der Waals surface area contributed by atoms with Crippen molar-refractivity contribution in [1.82, 2.24) is 0 Å². The first-order chi connectivity index (χ1) is 8.57. The molecule has 0 aliphatic heterocycles. The second-order valence-electron chi connectivity index (χ2n) is 3.84. The van der Waals surface area contributed by atoms with E-state index in [4.69, 9.17) is 18.8 Å². The van der Waals surface area contributed by atoms with Crippen LogP contribution in [0.3, 0.4) is 0 Å². The molecule has 4 atom stereocenters. The molecule has 0 saturated carbocycles. The molecule has 14 heteroatoms. The van der Waals surface area contributed by atoms with Crippen LogP contribution in [-0.2, 0) is 30.4 Å². The quantitative estimate of drug-likeness (QED) is 0.289. The van der Waals surface area contributed by atoms with Crippen molar-refractivity contribution in [2.45, 2.75) is 22.7 Å². The fourth-order valence-corrected chi connectivity index (χ4v) is 4.76. The molecule has 5 N–H and O–H groups in total.